The number of fused-ring (bicyclic) bond motifs is 1. The van der Waals surface area contributed by atoms with Gasteiger partial charge in [-0.15, -0.1) is 0 Å². The molecule has 1 heterocycles. The summed E-state index contributed by atoms with van der Waals surface area (Å²) in [6.45, 7) is 0. The lowest BCUT2D eigenvalue weighted by Gasteiger charge is -2.20. The Kier molecular flexibility index (Phi) is 2.58. The van der Waals surface area contributed by atoms with Gasteiger partial charge in [0.15, 0.2) is 0 Å². The zero-order valence-electron chi connectivity index (χ0n) is 6.73. The van der Waals surface area contributed by atoms with Gasteiger partial charge in [-0.05, 0) is 24.1 Å². The fraction of sp³-hybridized carbons (Fsp3) is 0.222. The number of benzene rings is 1. The summed E-state index contributed by atoms with van der Waals surface area (Å²) in [5.74, 6) is 0. The molecule has 1 nitrogen and oxygen atoms in total. The van der Waals surface area contributed by atoms with Gasteiger partial charge in [0.1, 0.15) is 0 Å². The van der Waals surface area contributed by atoms with Crippen molar-refractivity contribution in [2.45, 2.75) is 12.8 Å². The third-order valence-electron chi connectivity index (χ3n) is 2.02. The number of hydrogen-bond acceptors (Lipinski definition) is 1. The van der Waals surface area contributed by atoms with E-state index in [1.165, 1.54) is 5.56 Å². The first kappa shape index (κ1) is 9.44. The van der Waals surface area contributed by atoms with Crippen LogP contribution in [0.5, 0.6) is 0 Å². The zero-order valence-corrected chi connectivity index (χ0v) is 9.89. The SMILES string of the molecule is S=C1CCc2cc(Br)cc(Cl)c2N1. The highest BCUT2D eigenvalue weighted by Gasteiger charge is 2.15. The average molecular weight is 277 g/mol. The van der Waals surface area contributed by atoms with Gasteiger partial charge in [0.25, 0.3) is 0 Å². The molecule has 0 amide bonds. The number of thiocarbonyl (C=S) groups is 1. The van der Waals surface area contributed by atoms with E-state index in [0.29, 0.717) is 0 Å². The number of rotatable bonds is 0. The number of nitrogens with one attached hydrogen (secondary N) is 1. The third-order valence-corrected chi connectivity index (χ3v) is 3.08. The summed E-state index contributed by atoms with van der Waals surface area (Å²) < 4.78 is 1.02. The van der Waals surface area contributed by atoms with Crippen LogP contribution >= 0.6 is 39.7 Å². The second kappa shape index (κ2) is 3.56. The number of aryl methyl sites for hydroxylation is 1. The molecule has 1 aromatic rings. The highest BCUT2D eigenvalue weighted by atomic mass is 79.9. The Balaban J connectivity index is 2.53. The molecule has 0 spiro atoms. The number of hydrogen-bond donors (Lipinski definition) is 1. The summed E-state index contributed by atoms with van der Waals surface area (Å²) in [4.78, 5) is 0.872. The molecule has 0 radical (unpaired) electrons. The summed E-state index contributed by atoms with van der Waals surface area (Å²) in [5, 5.41) is 3.86. The van der Waals surface area contributed by atoms with Crippen LogP contribution in [-0.4, -0.2) is 4.99 Å². The summed E-state index contributed by atoms with van der Waals surface area (Å²) in [6.07, 6.45) is 1.88. The molecule has 68 valence electrons. The van der Waals surface area contributed by atoms with Crippen LogP contribution in [-0.2, 0) is 6.42 Å². The fourth-order valence-corrected chi connectivity index (χ4v) is 2.54. The molecule has 1 N–H and O–H groups in total. The average Bonchev–Trinajstić information content (AvgIpc) is 2.06. The van der Waals surface area contributed by atoms with E-state index in [2.05, 4.69) is 27.3 Å². The molecule has 0 unspecified atom stereocenters. The molecule has 1 aliphatic rings. The highest BCUT2D eigenvalue weighted by molar-refractivity contribution is 9.10. The summed E-state index contributed by atoms with van der Waals surface area (Å²) in [6, 6.07) is 3.96. The maximum Gasteiger partial charge on any atom is 0.0801 e. The third kappa shape index (κ3) is 1.87. The molecule has 0 aromatic heterocycles. The van der Waals surface area contributed by atoms with Crippen LogP contribution < -0.4 is 5.32 Å². The minimum atomic E-state index is 0.728. The largest absolute Gasteiger partial charge is 0.349 e. The van der Waals surface area contributed by atoms with Gasteiger partial charge in [-0.1, -0.05) is 39.7 Å². The second-order valence-corrected chi connectivity index (χ2v) is 4.79. The molecule has 2 rings (SSSR count). The molecule has 0 aliphatic carbocycles. The Morgan fingerprint density at radius 3 is 2.92 bits per heavy atom. The van der Waals surface area contributed by atoms with E-state index in [4.69, 9.17) is 23.8 Å². The lowest BCUT2D eigenvalue weighted by molar-refractivity contribution is 1.03. The Morgan fingerprint density at radius 1 is 1.38 bits per heavy atom. The predicted molar refractivity (Wildman–Crippen MR) is 63.7 cm³/mol. The van der Waals surface area contributed by atoms with Crippen LogP contribution in [0.25, 0.3) is 0 Å². The van der Waals surface area contributed by atoms with E-state index < -0.39 is 0 Å². The second-order valence-electron chi connectivity index (χ2n) is 2.97. The zero-order chi connectivity index (χ0) is 9.42. The Hall–Kier alpha value is -0.120. The molecule has 0 fully saturated rings. The smallest absolute Gasteiger partial charge is 0.0801 e. The molecule has 0 bridgehead atoms. The molecular formula is C9H7BrClNS. The van der Waals surface area contributed by atoms with Gasteiger partial charge >= 0.3 is 0 Å². The molecular weight excluding hydrogens is 270 g/mol. The molecule has 4 heteroatoms. The monoisotopic (exact) mass is 275 g/mol. The maximum atomic E-state index is 6.06. The van der Waals surface area contributed by atoms with Crippen molar-refractivity contribution in [3.63, 3.8) is 0 Å². The van der Waals surface area contributed by atoms with Crippen molar-refractivity contribution < 1.29 is 0 Å². The van der Waals surface area contributed by atoms with Crippen LogP contribution in [0.1, 0.15) is 12.0 Å². The first-order chi connectivity index (χ1) is 6.16. The minimum absolute atomic E-state index is 0.728. The van der Waals surface area contributed by atoms with Gasteiger partial charge in [0, 0.05) is 10.9 Å². The minimum Gasteiger partial charge on any atom is -0.349 e. The van der Waals surface area contributed by atoms with Gasteiger partial charge in [0.05, 0.1) is 15.7 Å². The van der Waals surface area contributed by atoms with E-state index in [1.54, 1.807) is 0 Å². The van der Waals surface area contributed by atoms with E-state index in [1.807, 2.05) is 6.07 Å². The van der Waals surface area contributed by atoms with Crippen molar-refractivity contribution in [3.8, 4) is 0 Å². The van der Waals surface area contributed by atoms with Crippen LogP contribution in [0, 0.1) is 0 Å². The Morgan fingerprint density at radius 2 is 2.15 bits per heavy atom. The lowest BCUT2D eigenvalue weighted by atomic mass is 10.0. The van der Waals surface area contributed by atoms with E-state index in [9.17, 15) is 0 Å². The van der Waals surface area contributed by atoms with Crippen molar-refractivity contribution in [2.75, 3.05) is 5.32 Å². The van der Waals surface area contributed by atoms with Crippen molar-refractivity contribution in [3.05, 3.63) is 27.2 Å². The Bertz CT molecular complexity index is 378. The standard InChI is InChI=1S/C9H7BrClNS/c10-6-3-5-1-2-8(13)12-9(5)7(11)4-6/h3-4H,1-2H2,(H,12,13). The van der Waals surface area contributed by atoms with Gasteiger partial charge in [0.2, 0.25) is 0 Å². The van der Waals surface area contributed by atoms with Crippen LogP contribution in [0.4, 0.5) is 5.69 Å². The topological polar surface area (TPSA) is 12.0 Å². The molecule has 0 saturated carbocycles. The maximum absolute atomic E-state index is 6.06. The Labute approximate surface area is 95.6 Å². The van der Waals surface area contributed by atoms with Gasteiger partial charge in [-0.2, -0.15) is 0 Å². The summed E-state index contributed by atoms with van der Waals surface area (Å²) >= 11 is 14.6. The first-order valence-corrected chi connectivity index (χ1v) is 5.52. The molecule has 1 aliphatic heterocycles. The summed E-state index contributed by atoms with van der Waals surface area (Å²) in [7, 11) is 0. The van der Waals surface area contributed by atoms with Crippen molar-refractivity contribution >= 4 is 50.4 Å². The summed E-state index contributed by atoms with van der Waals surface area (Å²) in [5.41, 5.74) is 2.20. The van der Waals surface area contributed by atoms with Crippen molar-refractivity contribution in [1.29, 1.82) is 0 Å². The van der Waals surface area contributed by atoms with Crippen LogP contribution in [0.2, 0.25) is 5.02 Å². The number of anilines is 1. The molecule has 13 heavy (non-hydrogen) atoms. The quantitative estimate of drug-likeness (QED) is 0.724. The number of halogens is 2. The predicted octanol–water partition coefficient (Wildman–Crippen LogP) is 3.79. The van der Waals surface area contributed by atoms with Gasteiger partial charge in [-0.3, -0.25) is 0 Å². The molecule has 1 aromatic carbocycles. The van der Waals surface area contributed by atoms with Gasteiger partial charge in [-0.25, -0.2) is 0 Å². The van der Waals surface area contributed by atoms with E-state index in [-0.39, 0.29) is 0 Å². The molecule has 0 atom stereocenters. The normalized spacial score (nSPS) is 15.1. The highest BCUT2D eigenvalue weighted by Crippen LogP contribution is 2.33. The first-order valence-electron chi connectivity index (χ1n) is 3.94. The molecule has 0 saturated heterocycles. The van der Waals surface area contributed by atoms with Crippen LogP contribution in [0.3, 0.4) is 0 Å². The van der Waals surface area contributed by atoms with Crippen LogP contribution in [0.15, 0.2) is 16.6 Å². The van der Waals surface area contributed by atoms with Crippen molar-refractivity contribution in [1.82, 2.24) is 0 Å². The van der Waals surface area contributed by atoms with E-state index in [0.717, 1.165) is 33.0 Å². The van der Waals surface area contributed by atoms with Crippen molar-refractivity contribution in [2.24, 2.45) is 0 Å². The van der Waals surface area contributed by atoms with Gasteiger partial charge < -0.3 is 5.32 Å². The fourth-order valence-electron chi connectivity index (χ4n) is 1.41. The lowest BCUT2D eigenvalue weighted by Crippen LogP contribution is -2.17. The van der Waals surface area contributed by atoms with E-state index >= 15 is 0 Å².